The molecule has 0 saturated carbocycles. The zero-order valence-electron chi connectivity index (χ0n) is 19.0. The number of likely N-dealkylation sites (tertiary alicyclic amines) is 1. The number of carbonyl (C=O) groups excluding carboxylic acids is 4. The van der Waals surface area contributed by atoms with Crippen LogP contribution in [-0.2, 0) is 28.7 Å². The van der Waals surface area contributed by atoms with Gasteiger partial charge in [-0.15, -0.1) is 0 Å². The van der Waals surface area contributed by atoms with E-state index in [0.717, 1.165) is 25.7 Å². The second-order valence-corrected chi connectivity index (χ2v) is 9.12. The van der Waals surface area contributed by atoms with Gasteiger partial charge in [-0.3, -0.25) is 29.4 Å². The average Bonchev–Trinajstić information content (AvgIpc) is 3.63. The number of rotatable bonds is 5. The van der Waals surface area contributed by atoms with Crippen LogP contribution >= 0.6 is 0 Å². The zero-order valence-corrected chi connectivity index (χ0v) is 19.0. The van der Waals surface area contributed by atoms with E-state index in [1.165, 1.54) is 4.90 Å². The third-order valence-corrected chi connectivity index (χ3v) is 7.00. The summed E-state index contributed by atoms with van der Waals surface area (Å²) in [5.41, 5.74) is 0. The van der Waals surface area contributed by atoms with Crippen molar-refractivity contribution in [2.45, 2.75) is 63.9 Å². The van der Waals surface area contributed by atoms with E-state index in [2.05, 4.69) is 19.2 Å². The largest absolute Gasteiger partial charge is 0.396 e. The van der Waals surface area contributed by atoms with Gasteiger partial charge in [0, 0.05) is 13.2 Å². The highest BCUT2D eigenvalue weighted by Crippen LogP contribution is 2.45. The molecule has 8 atom stereocenters. The van der Waals surface area contributed by atoms with Crippen LogP contribution in [0.4, 0.5) is 0 Å². The Morgan fingerprint density at radius 3 is 1.55 bits per heavy atom. The summed E-state index contributed by atoms with van der Waals surface area (Å²) in [6.07, 6.45) is 10.9. The highest BCUT2D eigenvalue weighted by Gasteiger charge is 2.60. The fourth-order valence-corrected chi connectivity index (χ4v) is 5.28. The molecule has 4 saturated heterocycles. The molecule has 0 aromatic rings. The molecular formula is C24H32N2O7. The van der Waals surface area contributed by atoms with Crippen molar-refractivity contribution in [3.8, 4) is 0 Å². The molecule has 180 valence electrons. The molecule has 6 heterocycles. The van der Waals surface area contributed by atoms with Gasteiger partial charge in [0.1, 0.15) is 0 Å². The first kappa shape index (κ1) is 23.8. The van der Waals surface area contributed by atoms with Crippen molar-refractivity contribution in [1.82, 2.24) is 10.2 Å². The topological polar surface area (TPSA) is 122 Å². The van der Waals surface area contributed by atoms with Gasteiger partial charge < -0.3 is 14.6 Å². The van der Waals surface area contributed by atoms with Crippen LogP contribution in [0.25, 0.3) is 0 Å². The number of amides is 4. The zero-order chi connectivity index (χ0) is 23.7. The van der Waals surface area contributed by atoms with E-state index in [-0.39, 0.29) is 71.7 Å². The molecule has 6 aliphatic rings. The van der Waals surface area contributed by atoms with E-state index in [1.807, 2.05) is 24.3 Å². The minimum atomic E-state index is -0.257. The first-order chi connectivity index (χ1) is 15.9. The predicted molar refractivity (Wildman–Crippen MR) is 116 cm³/mol. The maximum Gasteiger partial charge on any atom is 0.236 e. The van der Waals surface area contributed by atoms with E-state index in [4.69, 9.17) is 14.6 Å². The van der Waals surface area contributed by atoms with Crippen molar-refractivity contribution < 1.29 is 33.8 Å². The van der Waals surface area contributed by atoms with Crippen LogP contribution in [0.2, 0.25) is 0 Å². The van der Waals surface area contributed by atoms with Crippen molar-refractivity contribution in [3.05, 3.63) is 24.3 Å². The summed E-state index contributed by atoms with van der Waals surface area (Å²) >= 11 is 0. The lowest BCUT2D eigenvalue weighted by Gasteiger charge is -2.16. The Bertz CT molecular complexity index is 809. The van der Waals surface area contributed by atoms with Crippen LogP contribution in [0, 0.1) is 23.7 Å². The lowest BCUT2D eigenvalue weighted by molar-refractivity contribution is -0.142. The van der Waals surface area contributed by atoms with E-state index in [0.29, 0.717) is 13.2 Å². The molecule has 9 nitrogen and oxygen atoms in total. The Kier molecular flexibility index (Phi) is 7.11. The van der Waals surface area contributed by atoms with Crippen LogP contribution in [0.15, 0.2) is 24.3 Å². The Morgan fingerprint density at radius 2 is 1.18 bits per heavy atom. The summed E-state index contributed by atoms with van der Waals surface area (Å²) in [5, 5.41) is 10.4. The number of hydrogen-bond acceptors (Lipinski definition) is 7. The molecule has 6 aliphatic heterocycles. The first-order valence-electron chi connectivity index (χ1n) is 11.9. The van der Waals surface area contributed by atoms with Crippen molar-refractivity contribution in [1.29, 1.82) is 0 Å². The van der Waals surface area contributed by atoms with Gasteiger partial charge in [0.25, 0.3) is 0 Å². The fourth-order valence-electron chi connectivity index (χ4n) is 5.28. The first-order valence-corrected chi connectivity index (χ1v) is 11.9. The summed E-state index contributed by atoms with van der Waals surface area (Å²) < 4.78 is 10.9. The molecule has 8 unspecified atom stereocenters. The Hall–Kier alpha value is -2.36. The van der Waals surface area contributed by atoms with E-state index in [1.54, 1.807) is 0 Å². The Labute approximate surface area is 193 Å². The number of ether oxygens (including phenoxy) is 2. The summed E-state index contributed by atoms with van der Waals surface area (Å²) in [6, 6.07) is 0. The molecule has 9 heteroatoms. The van der Waals surface area contributed by atoms with E-state index in [9.17, 15) is 19.2 Å². The minimum Gasteiger partial charge on any atom is -0.396 e. The van der Waals surface area contributed by atoms with Gasteiger partial charge in [0.15, 0.2) is 0 Å². The smallest absolute Gasteiger partial charge is 0.236 e. The molecule has 0 aliphatic carbocycles. The molecule has 0 aromatic heterocycles. The molecule has 2 N–H and O–H groups in total. The monoisotopic (exact) mass is 460 g/mol. The summed E-state index contributed by atoms with van der Waals surface area (Å²) in [4.78, 5) is 48.0. The maximum absolute atomic E-state index is 12.1. The average molecular weight is 461 g/mol. The molecule has 4 fully saturated rings. The molecule has 4 bridgehead atoms. The Balaban J connectivity index is 0.000000135. The number of imide groups is 2. The molecule has 33 heavy (non-hydrogen) atoms. The SMILES string of the molecule is CCCCN1C(=O)C2C3C=CC(O3)C2C1=O.CCCCO.O=C1NC(=O)C2C3C=CC(O3)C12. The lowest BCUT2D eigenvalue weighted by atomic mass is 9.85. The predicted octanol–water partition coefficient (Wildman–Crippen LogP) is 0.716. The second kappa shape index (κ2) is 9.87. The highest BCUT2D eigenvalue weighted by molar-refractivity contribution is 6.07. The molecular weight excluding hydrogens is 428 g/mol. The second-order valence-electron chi connectivity index (χ2n) is 9.12. The molecule has 0 radical (unpaired) electrons. The van der Waals surface area contributed by atoms with Crippen molar-refractivity contribution >= 4 is 23.6 Å². The van der Waals surface area contributed by atoms with Crippen LogP contribution in [-0.4, -0.2) is 71.2 Å². The number of nitrogens with one attached hydrogen (secondary N) is 1. The number of fused-ring (bicyclic) bond motifs is 10. The summed E-state index contributed by atoms with van der Waals surface area (Å²) in [6.45, 7) is 5.02. The van der Waals surface area contributed by atoms with Crippen LogP contribution in [0.3, 0.4) is 0 Å². The number of aliphatic hydroxyl groups excluding tert-OH is 1. The van der Waals surface area contributed by atoms with Gasteiger partial charge in [-0.25, -0.2) is 0 Å². The van der Waals surface area contributed by atoms with E-state index < -0.39 is 0 Å². The third kappa shape index (κ3) is 4.18. The molecule has 6 rings (SSSR count). The van der Waals surface area contributed by atoms with Crippen LogP contribution in [0.1, 0.15) is 39.5 Å². The van der Waals surface area contributed by atoms with Gasteiger partial charge in [0.05, 0.1) is 48.1 Å². The lowest BCUT2D eigenvalue weighted by Crippen LogP contribution is -2.35. The standard InChI is InChI=1S/C12H15NO3.C8H7NO3.C4H10O/c1-2-3-6-13-11(14)9-7-4-5-8(16-7)10(9)12(13)15;10-7-5-3-1-2-4(12-3)6(5)8(11)9-7;1-2-3-4-5/h4-5,7-10H,2-3,6H2,1H3;1-6H,(H,9,10,11);5H,2-4H2,1H3. The molecule has 4 amide bonds. The number of hydrogen-bond donors (Lipinski definition) is 2. The fraction of sp³-hybridized carbons (Fsp3) is 0.667. The number of aliphatic hydroxyl groups is 1. The van der Waals surface area contributed by atoms with Gasteiger partial charge in [-0.1, -0.05) is 51.0 Å². The number of nitrogens with zero attached hydrogens (tertiary/aromatic N) is 1. The molecule has 0 aromatic carbocycles. The van der Waals surface area contributed by atoms with Gasteiger partial charge in [0.2, 0.25) is 23.6 Å². The summed E-state index contributed by atoms with van der Waals surface area (Å²) in [5.74, 6) is -1.40. The van der Waals surface area contributed by atoms with Crippen molar-refractivity contribution in [2.24, 2.45) is 23.7 Å². The summed E-state index contributed by atoms with van der Waals surface area (Å²) in [7, 11) is 0. The van der Waals surface area contributed by atoms with Gasteiger partial charge in [-0.2, -0.15) is 0 Å². The van der Waals surface area contributed by atoms with Crippen LogP contribution in [0.5, 0.6) is 0 Å². The normalized spacial score (nSPS) is 38.2. The van der Waals surface area contributed by atoms with Crippen molar-refractivity contribution in [2.75, 3.05) is 13.2 Å². The van der Waals surface area contributed by atoms with Crippen LogP contribution < -0.4 is 5.32 Å². The number of carbonyl (C=O) groups is 4. The van der Waals surface area contributed by atoms with Gasteiger partial charge in [-0.05, 0) is 12.8 Å². The van der Waals surface area contributed by atoms with E-state index >= 15 is 0 Å². The number of unbranched alkanes of at least 4 members (excludes halogenated alkanes) is 2. The van der Waals surface area contributed by atoms with Gasteiger partial charge >= 0.3 is 0 Å². The molecule has 0 spiro atoms. The minimum absolute atomic E-state index is 0.0275. The Morgan fingerprint density at radius 1 is 0.758 bits per heavy atom. The third-order valence-electron chi connectivity index (χ3n) is 7.00. The quantitative estimate of drug-likeness (QED) is 0.458. The van der Waals surface area contributed by atoms with Crippen molar-refractivity contribution in [3.63, 3.8) is 0 Å². The maximum atomic E-state index is 12.1. The highest BCUT2D eigenvalue weighted by atomic mass is 16.5.